The van der Waals surface area contributed by atoms with E-state index in [1.54, 1.807) is 23.0 Å². The van der Waals surface area contributed by atoms with Gasteiger partial charge in [-0.15, -0.1) is 0 Å². The molecule has 160 valence electrons. The van der Waals surface area contributed by atoms with Crippen molar-refractivity contribution in [3.05, 3.63) is 41.0 Å². The number of rotatable bonds is 5. The number of aromatic nitrogens is 2. The minimum absolute atomic E-state index is 0.128. The van der Waals surface area contributed by atoms with Gasteiger partial charge in [0.05, 0.1) is 24.6 Å². The highest BCUT2D eigenvalue weighted by Crippen LogP contribution is 2.34. The number of primary amides is 1. The number of hydrogen-bond acceptors (Lipinski definition) is 7. The zero-order valence-electron chi connectivity index (χ0n) is 17.4. The Kier molecular flexibility index (Phi) is 5.72. The van der Waals surface area contributed by atoms with E-state index in [4.69, 9.17) is 15.1 Å². The molecule has 31 heavy (non-hydrogen) atoms. The van der Waals surface area contributed by atoms with E-state index >= 15 is 0 Å². The molecule has 0 unspecified atom stereocenters. The van der Waals surface area contributed by atoms with Crippen LogP contribution in [0.2, 0.25) is 0 Å². The number of fused-ring (bicyclic) bond motifs is 1. The molecule has 0 bridgehead atoms. The second-order valence-corrected chi connectivity index (χ2v) is 8.05. The first-order chi connectivity index (χ1) is 14.9. The minimum atomic E-state index is -0.964. The highest BCUT2D eigenvalue weighted by atomic mass is 16.5. The lowest BCUT2D eigenvalue weighted by Gasteiger charge is -2.27. The first-order valence-corrected chi connectivity index (χ1v) is 10.2. The quantitative estimate of drug-likeness (QED) is 0.631. The summed E-state index contributed by atoms with van der Waals surface area (Å²) < 4.78 is 12.7. The van der Waals surface area contributed by atoms with Crippen LogP contribution in [-0.2, 0) is 4.74 Å². The molecule has 2 aliphatic rings. The Hall–Kier alpha value is -3.29. The van der Waals surface area contributed by atoms with Crippen molar-refractivity contribution in [3.8, 4) is 11.8 Å². The van der Waals surface area contributed by atoms with Gasteiger partial charge in [0.25, 0.3) is 5.91 Å². The van der Waals surface area contributed by atoms with Gasteiger partial charge in [0.15, 0.2) is 5.82 Å². The molecule has 9 nitrogen and oxygen atoms in total. The molecule has 1 aromatic carbocycles. The Labute approximate surface area is 180 Å². The van der Waals surface area contributed by atoms with Crippen molar-refractivity contribution in [2.45, 2.75) is 26.3 Å². The molecule has 1 fully saturated rings. The summed E-state index contributed by atoms with van der Waals surface area (Å²) in [5, 5.41) is 27.2. The fraction of sp³-hybridized carbons (Fsp3) is 0.381. The molecule has 1 aromatic heterocycles. The SMILES string of the molecule is CC(C)C1=Cc2cc(Nc3nn([C@@H]4COCC[C@H]4C#N)cc3C(N)=O)ccc2OB1O. The van der Waals surface area contributed by atoms with E-state index in [1.807, 2.05) is 26.0 Å². The minimum Gasteiger partial charge on any atom is -0.532 e. The number of nitrogens with one attached hydrogen (secondary N) is 1. The lowest BCUT2D eigenvalue weighted by Crippen LogP contribution is -2.30. The monoisotopic (exact) mass is 421 g/mol. The van der Waals surface area contributed by atoms with Crippen LogP contribution >= 0.6 is 0 Å². The molecule has 4 N–H and O–H groups in total. The van der Waals surface area contributed by atoms with Crippen molar-refractivity contribution in [1.82, 2.24) is 9.78 Å². The van der Waals surface area contributed by atoms with Crippen LogP contribution in [-0.4, -0.2) is 41.0 Å². The van der Waals surface area contributed by atoms with Crippen molar-refractivity contribution >= 4 is 30.6 Å². The van der Waals surface area contributed by atoms with Crippen molar-refractivity contribution in [1.29, 1.82) is 5.26 Å². The van der Waals surface area contributed by atoms with Crippen molar-refractivity contribution < 1.29 is 19.2 Å². The van der Waals surface area contributed by atoms with Gasteiger partial charge in [0.1, 0.15) is 11.3 Å². The number of carbonyl (C=O) groups is 1. The summed E-state index contributed by atoms with van der Waals surface area (Å²) in [7, 11) is -0.964. The van der Waals surface area contributed by atoms with Gasteiger partial charge in [0.2, 0.25) is 0 Å². The lowest BCUT2D eigenvalue weighted by molar-refractivity contribution is 0.0342. The topological polar surface area (TPSA) is 135 Å². The van der Waals surface area contributed by atoms with Crippen molar-refractivity contribution in [2.24, 2.45) is 17.6 Å². The normalized spacial score (nSPS) is 20.5. The van der Waals surface area contributed by atoms with Crippen LogP contribution in [0.1, 0.15) is 42.2 Å². The predicted octanol–water partition coefficient (Wildman–Crippen LogP) is 2.28. The van der Waals surface area contributed by atoms with Crippen LogP contribution in [0.4, 0.5) is 11.5 Å². The fourth-order valence-electron chi connectivity index (χ4n) is 3.84. The third-order valence-electron chi connectivity index (χ3n) is 5.61. The fourth-order valence-corrected chi connectivity index (χ4v) is 3.84. The molecule has 3 heterocycles. The molecule has 2 aromatic rings. The number of anilines is 2. The average molecular weight is 421 g/mol. The maximum atomic E-state index is 12.0. The summed E-state index contributed by atoms with van der Waals surface area (Å²) in [5.74, 6) is 0.126. The summed E-state index contributed by atoms with van der Waals surface area (Å²) in [4.78, 5) is 12.0. The van der Waals surface area contributed by atoms with Gasteiger partial charge >= 0.3 is 7.12 Å². The first-order valence-electron chi connectivity index (χ1n) is 10.2. The van der Waals surface area contributed by atoms with Gasteiger partial charge in [-0.25, -0.2) is 0 Å². The number of hydrogen-bond donors (Lipinski definition) is 3. The Morgan fingerprint density at radius 1 is 1.48 bits per heavy atom. The molecular weight excluding hydrogens is 397 g/mol. The van der Waals surface area contributed by atoms with Crippen molar-refractivity contribution in [2.75, 3.05) is 18.5 Å². The van der Waals surface area contributed by atoms with Crippen LogP contribution in [0, 0.1) is 23.2 Å². The number of carbonyl (C=O) groups excluding carboxylic acids is 1. The molecule has 2 aliphatic heterocycles. The summed E-state index contributed by atoms with van der Waals surface area (Å²) in [6.07, 6.45) is 4.07. The van der Waals surface area contributed by atoms with E-state index in [1.165, 1.54) is 0 Å². The van der Waals surface area contributed by atoms with Gasteiger partial charge in [-0.2, -0.15) is 10.4 Å². The van der Waals surface area contributed by atoms with E-state index in [2.05, 4.69) is 16.5 Å². The molecule has 0 spiro atoms. The maximum absolute atomic E-state index is 12.0. The molecular formula is C21H24BN5O4. The van der Waals surface area contributed by atoms with Crippen LogP contribution in [0.3, 0.4) is 0 Å². The van der Waals surface area contributed by atoms with Crippen LogP contribution in [0.25, 0.3) is 6.08 Å². The molecule has 0 aliphatic carbocycles. The van der Waals surface area contributed by atoms with Gasteiger partial charge in [-0.05, 0) is 36.0 Å². The van der Waals surface area contributed by atoms with E-state index in [-0.39, 0.29) is 23.4 Å². The van der Waals surface area contributed by atoms with Crippen LogP contribution in [0.15, 0.2) is 29.9 Å². The summed E-state index contributed by atoms with van der Waals surface area (Å²) >= 11 is 0. The summed E-state index contributed by atoms with van der Waals surface area (Å²) in [5.41, 5.74) is 8.07. The maximum Gasteiger partial charge on any atom is 0.556 e. The molecule has 1 saturated heterocycles. The summed E-state index contributed by atoms with van der Waals surface area (Å²) in [6.45, 7) is 4.85. The van der Waals surface area contributed by atoms with E-state index in [0.29, 0.717) is 36.9 Å². The Bertz CT molecular complexity index is 1070. The first kappa shape index (κ1) is 21.0. The summed E-state index contributed by atoms with van der Waals surface area (Å²) in [6, 6.07) is 7.38. The Morgan fingerprint density at radius 2 is 2.29 bits per heavy atom. The number of nitrogens with two attached hydrogens (primary N) is 1. The van der Waals surface area contributed by atoms with Crippen molar-refractivity contribution in [3.63, 3.8) is 0 Å². The number of ether oxygens (including phenoxy) is 1. The van der Waals surface area contributed by atoms with E-state index in [0.717, 1.165) is 11.0 Å². The number of nitrogens with zero attached hydrogens (tertiary/aromatic N) is 3. The number of amides is 1. The number of nitriles is 1. The Balaban J connectivity index is 1.65. The van der Waals surface area contributed by atoms with Gasteiger partial charge in [0, 0.05) is 24.1 Å². The zero-order valence-corrected chi connectivity index (χ0v) is 17.4. The van der Waals surface area contributed by atoms with Crippen LogP contribution < -0.4 is 15.7 Å². The second-order valence-electron chi connectivity index (χ2n) is 8.05. The van der Waals surface area contributed by atoms with E-state index < -0.39 is 13.0 Å². The third kappa shape index (κ3) is 4.15. The highest BCUT2D eigenvalue weighted by molar-refractivity contribution is 6.55. The highest BCUT2D eigenvalue weighted by Gasteiger charge is 2.31. The van der Waals surface area contributed by atoms with Gasteiger partial charge in [-0.1, -0.05) is 19.9 Å². The predicted molar refractivity (Wildman–Crippen MR) is 115 cm³/mol. The zero-order chi connectivity index (χ0) is 22.1. The Morgan fingerprint density at radius 3 is 3.00 bits per heavy atom. The molecule has 2 atom stereocenters. The molecule has 10 heteroatoms. The molecule has 4 rings (SSSR count). The van der Waals surface area contributed by atoms with Gasteiger partial charge in [-0.3, -0.25) is 9.48 Å². The van der Waals surface area contributed by atoms with E-state index in [9.17, 15) is 15.1 Å². The standard InChI is InChI=1S/C21H24BN5O4/c1-12(2)17-8-14-7-15(3-4-19(14)31-22(17)29)25-21-16(20(24)28)10-27(26-21)18-11-30-6-5-13(18)9-23/h3-4,7-8,10,12-13,18,29H,5-6,11H2,1-2H3,(H2,24,28)(H,25,26)/t13-,18+/m0/s1. The smallest absolute Gasteiger partial charge is 0.532 e. The largest absolute Gasteiger partial charge is 0.556 e. The molecule has 0 radical (unpaired) electrons. The number of allylic oxidation sites excluding steroid dienone is 1. The average Bonchev–Trinajstić information content (AvgIpc) is 3.17. The second kappa shape index (κ2) is 8.45. The molecule has 0 saturated carbocycles. The third-order valence-corrected chi connectivity index (χ3v) is 5.61. The van der Waals surface area contributed by atoms with Crippen LogP contribution in [0.5, 0.6) is 5.75 Å². The van der Waals surface area contributed by atoms with Gasteiger partial charge < -0.3 is 25.5 Å². The lowest BCUT2D eigenvalue weighted by atomic mass is 9.70. The number of benzene rings is 1. The molecule has 1 amide bonds.